The summed E-state index contributed by atoms with van der Waals surface area (Å²) in [5.41, 5.74) is -0.735. The van der Waals surface area contributed by atoms with Crippen LogP contribution in [0.5, 0.6) is 0 Å². The molecule has 140 valence electrons. The molecule has 6 nitrogen and oxygen atoms in total. The Bertz CT molecular complexity index is 639. The van der Waals surface area contributed by atoms with Crippen molar-refractivity contribution in [2.75, 3.05) is 44.2 Å². The van der Waals surface area contributed by atoms with E-state index in [1.807, 2.05) is 4.81 Å². The van der Waals surface area contributed by atoms with E-state index in [-0.39, 0.29) is 5.69 Å². The van der Waals surface area contributed by atoms with Crippen LogP contribution in [0.15, 0.2) is 12.1 Å². The van der Waals surface area contributed by atoms with Gasteiger partial charge in [-0.3, -0.25) is 15.0 Å². The van der Waals surface area contributed by atoms with Crippen molar-refractivity contribution in [1.82, 2.24) is 9.71 Å². The lowest BCUT2D eigenvalue weighted by Gasteiger charge is -2.43. The second-order valence-electron chi connectivity index (χ2n) is 7.15. The van der Waals surface area contributed by atoms with Crippen molar-refractivity contribution in [2.45, 2.75) is 25.8 Å². The minimum atomic E-state index is -0.881. The highest BCUT2D eigenvalue weighted by Gasteiger charge is 2.30. The maximum atomic E-state index is 14.2. The predicted molar refractivity (Wildman–Crippen MR) is 96.3 cm³/mol. The summed E-state index contributed by atoms with van der Waals surface area (Å²) in [6, 6.07) is 1.97. The number of hydrogen-bond acceptors (Lipinski definition) is 5. The largest absolute Gasteiger partial charge is 0.364 e. The Morgan fingerprint density at radius 3 is 2.15 bits per heavy atom. The Hall–Kier alpha value is -1.74. The van der Waals surface area contributed by atoms with Gasteiger partial charge in [0.05, 0.1) is 17.1 Å². The van der Waals surface area contributed by atoms with E-state index >= 15 is 0 Å². The number of halogens is 2. The Morgan fingerprint density at radius 2 is 1.65 bits per heavy atom. The maximum Gasteiger partial charge on any atom is 0.275 e. The Morgan fingerprint density at radius 1 is 1.12 bits per heavy atom. The SMILES string of the molecule is [B]N1CCC(C(C)N2CCN(c3c(F)cc([N+](=O)[O-])cc3F)CC2)CC1. The van der Waals surface area contributed by atoms with Crippen LogP contribution < -0.4 is 4.90 Å². The van der Waals surface area contributed by atoms with Gasteiger partial charge in [-0.25, -0.2) is 8.78 Å². The first-order valence-electron chi connectivity index (χ1n) is 8.99. The number of rotatable bonds is 4. The molecule has 0 bridgehead atoms. The molecule has 0 saturated carbocycles. The molecule has 1 unspecified atom stereocenters. The van der Waals surface area contributed by atoms with Crippen LogP contribution in [-0.2, 0) is 0 Å². The van der Waals surface area contributed by atoms with Gasteiger partial charge in [0, 0.05) is 32.2 Å². The molecule has 2 radical (unpaired) electrons. The molecule has 2 heterocycles. The summed E-state index contributed by atoms with van der Waals surface area (Å²) in [6.45, 7) is 6.40. The smallest absolute Gasteiger partial charge is 0.275 e. The Kier molecular flexibility index (Phi) is 5.77. The van der Waals surface area contributed by atoms with Gasteiger partial charge in [-0.1, -0.05) is 0 Å². The summed E-state index contributed by atoms with van der Waals surface area (Å²) in [4.78, 5) is 15.8. The summed E-state index contributed by atoms with van der Waals surface area (Å²) in [5, 5.41) is 10.7. The van der Waals surface area contributed by atoms with Crippen molar-refractivity contribution in [1.29, 1.82) is 0 Å². The van der Waals surface area contributed by atoms with Crippen LogP contribution in [0, 0.1) is 27.7 Å². The third-order valence-corrected chi connectivity index (χ3v) is 5.68. The molecule has 1 aromatic carbocycles. The minimum absolute atomic E-state index is 0.167. The van der Waals surface area contributed by atoms with Crippen molar-refractivity contribution in [3.63, 3.8) is 0 Å². The maximum absolute atomic E-state index is 14.2. The molecule has 1 atom stereocenters. The fourth-order valence-electron chi connectivity index (χ4n) is 4.01. The molecule has 3 rings (SSSR count). The Labute approximate surface area is 153 Å². The average Bonchev–Trinajstić information content (AvgIpc) is 2.61. The van der Waals surface area contributed by atoms with Crippen LogP contribution in [0.2, 0.25) is 0 Å². The number of piperazine rings is 1. The highest BCUT2D eigenvalue weighted by molar-refractivity contribution is 6.04. The van der Waals surface area contributed by atoms with Crippen molar-refractivity contribution < 1.29 is 13.7 Å². The summed E-state index contributed by atoms with van der Waals surface area (Å²) in [5.74, 6) is -1.18. The zero-order valence-corrected chi connectivity index (χ0v) is 14.9. The third kappa shape index (κ3) is 3.98. The average molecular weight is 364 g/mol. The monoisotopic (exact) mass is 364 g/mol. The molecule has 0 aromatic heterocycles. The van der Waals surface area contributed by atoms with Gasteiger partial charge < -0.3 is 9.71 Å². The van der Waals surface area contributed by atoms with Crippen molar-refractivity contribution in [3.05, 3.63) is 33.9 Å². The molecule has 2 aliphatic heterocycles. The fourth-order valence-corrected chi connectivity index (χ4v) is 4.01. The van der Waals surface area contributed by atoms with Crippen molar-refractivity contribution in [3.8, 4) is 0 Å². The molecule has 0 N–H and O–H groups in total. The Balaban J connectivity index is 1.63. The van der Waals surface area contributed by atoms with Gasteiger partial charge in [0.1, 0.15) is 5.69 Å². The molecule has 2 fully saturated rings. The zero-order chi connectivity index (χ0) is 18.8. The molecule has 0 spiro atoms. The molecular formula is C17H23BF2N4O2. The molecule has 2 aliphatic rings. The van der Waals surface area contributed by atoms with E-state index in [1.165, 1.54) is 0 Å². The van der Waals surface area contributed by atoms with E-state index in [2.05, 4.69) is 11.8 Å². The molecule has 0 amide bonds. The van der Waals surface area contributed by atoms with E-state index in [1.54, 1.807) is 4.90 Å². The fraction of sp³-hybridized carbons (Fsp3) is 0.647. The lowest BCUT2D eigenvalue weighted by molar-refractivity contribution is -0.385. The van der Waals surface area contributed by atoms with Crippen molar-refractivity contribution in [2.24, 2.45) is 5.92 Å². The summed E-state index contributed by atoms with van der Waals surface area (Å²) in [6.07, 6.45) is 2.12. The van der Waals surface area contributed by atoms with E-state index < -0.39 is 22.2 Å². The number of benzene rings is 1. The highest BCUT2D eigenvalue weighted by Crippen LogP contribution is 2.30. The van der Waals surface area contributed by atoms with Gasteiger partial charge >= 0.3 is 0 Å². The van der Waals surface area contributed by atoms with E-state index in [0.717, 1.165) is 38.1 Å². The number of nitro benzene ring substituents is 1. The molecule has 2 saturated heterocycles. The number of anilines is 1. The topological polar surface area (TPSA) is 52.9 Å². The van der Waals surface area contributed by atoms with E-state index in [9.17, 15) is 18.9 Å². The number of hydrogen-bond donors (Lipinski definition) is 0. The first-order chi connectivity index (χ1) is 12.4. The van der Waals surface area contributed by atoms with Gasteiger partial charge in [0.15, 0.2) is 19.6 Å². The van der Waals surface area contributed by atoms with Crippen LogP contribution in [0.3, 0.4) is 0 Å². The quantitative estimate of drug-likeness (QED) is 0.466. The summed E-state index contributed by atoms with van der Waals surface area (Å²) >= 11 is 0. The summed E-state index contributed by atoms with van der Waals surface area (Å²) in [7, 11) is 5.82. The first kappa shape index (κ1) is 19.0. The van der Waals surface area contributed by atoms with Crippen LogP contribution in [-0.4, -0.2) is 67.9 Å². The van der Waals surface area contributed by atoms with Gasteiger partial charge in [-0.2, -0.15) is 0 Å². The molecule has 0 aliphatic carbocycles. The summed E-state index contributed by atoms with van der Waals surface area (Å²) < 4.78 is 28.4. The molecular weight excluding hydrogens is 341 g/mol. The predicted octanol–water partition coefficient (Wildman–Crippen LogP) is 2.18. The normalized spacial score (nSPS) is 21.7. The first-order valence-corrected chi connectivity index (χ1v) is 8.99. The molecule has 26 heavy (non-hydrogen) atoms. The number of non-ortho nitro benzene ring substituents is 1. The van der Waals surface area contributed by atoms with Gasteiger partial charge in [0.25, 0.3) is 5.69 Å². The van der Waals surface area contributed by atoms with Crippen molar-refractivity contribution >= 4 is 19.4 Å². The van der Waals surface area contributed by atoms with Crippen LogP contribution >= 0.6 is 0 Å². The molecule has 1 aromatic rings. The second kappa shape index (κ2) is 7.88. The van der Waals surface area contributed by atoms with Crippen LogP contribution in [0.1, 0.15) is 19.8 Å². The number of nitrogens with zero attached hydrogens (tertiary/aromatic N) is 4. The van der Waals surface area contributed by atoms with Crippen LogP contribution in [0.25, 0.3) is 0 Å². The van der Waals surface area contributed by atoms with Crippen LogP contribution in [0.4, 0.5) is 20.2 Å². The standard InChI is InChI=1S/C17H23BF2N4O2/c1-12(13-2-4-23(18)5-3-13)21-6-8-22(9-7-21)17-15(19)10-14(24(25)26)11-16(17)20/h10-13H,2-9H2,1H3. The van der Waals surface area contributed by atoms with Gasteiger partial charge in [-0.05, 0) is 38.8 Å². The third-order valence-electron chi connectivity index (χ3n) is 5.68. The lowest BCUT2D eigenvalue weighted by Crippen LogP contribution is -2.53. The van der Waals surface area contributed by atoms with E-state index in [4.69, 9.17) is 7.98 Å². The number of piperidine rings is 1. The van der Waals surface area contributed by atoms with E-state index in [0.29, 0.717) is 38.1 Å². The van der Waals surface area contributed by atoms with Gasteiger partial charge in [0.2, 0.25) is 0 Å². The highest BCUT2D eigenvalue weighted by atomic mass is 19.1. The minimum Gasteiger partial charge on any atom is -0.364 e. The van der Waals surface area contributed by atoms with Gasteiger partial charge in [-0.15, -0.1) is 0 Å². The molecule has 9 heteroatoms. The zero-order valence-electron chi connectivity index (χ0n) is 14.9. The second-order valence-corrected chi connectivity index (χ2v) is 7.15. The number of nitro groups is 1. The lowest BCUT2D eigenvalue weighted by atomic mass is 9.88.